The molecule has 166 valence electrons. The molecule has 13 nitrogen and oxygen atoms in total. The Morgan fingerprint density at radius 2 is 1.24 bits per heavy atom. The summed E-state index contributed by atoms with van der Waals surface area (Å²) in [6.45, 7) is 1.72. The van der Waals surface area contributed by atoms with E-state index in [0.717, 1.165) is 0 Å². The molecule has 29 heavy (non-hydrogen) atoms. The van der Waals surface area contributed by atoms with E-state index in [1.807, 2.05) is 5.32 Å². The zero-order chi connectivity index (χ0) is 22.7. The Balaban J connectivity index is 5.17. The summed E-state index contributed by atoms with van der Waals surface area (Å²) >= 11 is 0. The Kier molecular flexibility index (Phi) is 11.4. The number of carboxylic acids is 2. The van der Waals surface area contributed by atoms with Crippen LogP contribution in [0.4, 0.5) is 0 Å². The Morgan fingerprint density at radius 1 is 0.793 bits per heavy atom. The van der Waals surface area contributed by atoms with Crippen LogP contribution in [0.5, 0.6) is 0 Å². The lowest BCUT2D eigenvalue weighted by atomic mass is 10.0. The zero-order valence-corrected chi connectivity index (χ0v) is 16.1. The Morgan fingerprint density at radius 3 is 1.66 bits per heavy atom. The van der Waals surface area contributed by atoms with Gasteiger partial charge >= 0.3 is 11.9 Å². The Bertz CT molecular complexity index is 611. The summed E-state index contributed by atoms with van der Waals surface area (Å²) in [5.74, 6) is -5.70. The highest BCUT2D eigenvalue weighted by Crippen LogP contribution is 2.06. The average molecular weight is 420 g/mol. The number of nitrogens with two attached hydrogens (primary N) is 1. The number of hydrogen-bond acceptors (Lipinski definition) is 8. The van der Waals surface area contributed by atoms with Crippen molar-refractivity contribution < 1.29 is 44.4 Å². The van der Waals surface area contributed by atoms with Crippen LogP contribution < -0.4 is 21.7 Å². The third-order valence-corrected chi connectivity index (χ3v) is 3.68. The molecule has 4 atom stereocenters. The van der Waals surface area contributed by atoms with Gasteiger partial charge in [0.1, 0.15) is 18.1 Å². The van der Waals surface area contributed by atoms with E-state index in [9.17, 15) is 29.1 Å². The predicted molar refractivity (Wildman–Crippen MR) is 97.3 cm³/mol. The first-order chi connectivity index (χ1) is 13.4. The molecular weight excluding hydrogens is 392 g/mol. The molecule has 0 radical (unpaired) electrons. The largest absolute Gasteiger partial charge is 0.481 e. The molecule has 0 aromatic carbocycles. The summed E-state index contributed by atoms with van der Waals surface area (Å²) in [6, 6.07) is -5.76. The molecule has 0 saturated heterocycles. The van der Waals surface area contributed by atoms with Crippen molar-refractivity contribution in [2.45, 2.75) is 50.9 Å². The molecule has 0 aromatic rings. The maximum absolute atomic E-state index is 12.5. The van der Waals surface area contributed by atoms with Gasteiger partial charge in [-0.2, -0.15) is 0 Å². The molecule has 0 saturated carbocycles. The number of nitrogens with one attached hydrogen (secondary N) is 3. The summed E-state index contributed by atoms with van der Waals surface area (Å²) in [5, 5.41) is 42.2. The second-order valence-electron chi connectivity index (χ2n) is 6.72. The fraction of sp³-hybridized carbons (Fsp3) is 0.688. The smallest absolute Gasteiger partial charge is 0.328 e. The maximum atomic E-state index is 12.5. The van der Waals surface area contributed by atoms with Crippen LogP contribution in [0.15, 0.2) is 0 Å². The second kappa shape index (κ2) is 12.6. The van der Waals surface area contributed by atoms with E-state index >= 15 is 0 Å². The van der Waals surface area contributed by atoms with Crippen LogP contribution in [0.25, 0.3) is 0 Å². The van der Waals surface area contributed by atoms with Gasteiger partial charge in [-0.25, -0.2) is 4.79 Å². The summed E-state index contributed by atoms with van der Waals surface area (Å²) in [7, 11) is 0. The molecule has 0 aliphatic heterocycles. The molecular formula is C16H28N4O9. The van der Waals surface area contributed by atoms with E-state index in [0.29, 0.717) is 0 Å². The summed E-state index contributed by atoms with van der Waals surface area (Å²) in [6.07, 6.45) is -0.535. The van der Waals surface area contributed by atoms with Crippen LogP contribution >= 0.6 is 0 Å². The van der Waals surface area contributed by atoms with E-state index in [-0.39, 0.29) is 12.3 Å². The van der Waals surface area contributed by atoms with E-state index < -0.39 is 73.5 Å². The molecule has 0 aliphatic rings. The number of amides is 3. The molecule has 0 heterocycles. The lowest BCUT2D eigenvalue weighted by Crippen LogP contribution is -2.58. The molecule has 0 fully saturated rings. The van der Waals surface area contributed by atoms with Crippen LogP contribution in [-0.2, 0) is 24.0 Å². The van der Waals surface area contributed by atoms with Crippen LogP contribution in [0.2, 0.25) is 0 Å². The van der Waals surface area contributed by atoms with E-state index in [4.69, 9.17) is 21.1 Å². The molecule has 0 aliphatic carbocycles. The van der Waals surface area contributed by atoms with Crippen LogP contribution in [-0.4, -0.2) is 87.5 Å². The van der Waals surface area contributed by atoms with E-state index in [1.54, 1.807) is 13.8 Å². The minimum absolute atomic E-state index is 0.0890. The standard InChI is InChI=1S/C16H28N4O9/c1-7(2)3-9(18-13(25)8(17)4-12(23)24)14(26)19-10(5-21)15(27)20-11(6-22)16(28)29/h7-11,21-22H,3-6,17H2,1-2H3,(H,18,25)(H,19,26)(H,20,27)(H,23,24)(H,28,29). The molecule has 0 aromatic heterocycles. The van der Waals surface area contributed by atoms with Gasteiger partial charge in [-0.3, -0.25) is 19.2 Å². The number of carbonyl (C=O) groups excluding carboxylic acids is 3. The van der Waals surface area contributed by atoms with Gasteiger partial charge in [-0.15, -0.1) is 0 Å². The molecule has 4 unspecified atom stereocenters. The van der Waals surface area contributed by atoms with Crippen molar-refractivity contribution in [3.63, 3.8) is 0 Å². The van der Waals surface area contributed by atoms with Crippen molar-refractivity contribution in [1.82, 2.24) is 16.0 Å². The monoisotopic (exact) mass is 420 g/mol. The van der Waals surface area contributed by atoms with Gasteiger partial charge < -0.3 is 42.1 Å². The van der Waals surface area contributed by atoms with Gasteiger partial charge in [0, 0.05) is 0 Å². The van der Waals surface area contributed by atoms with Crippen molar-refractivity contribution >= 4 is 29.7 Å². The van der Waals surface area contributed by atoms with Gasteiger partial charge in [0.2, 0.25) is 17.7 Å². The predicted octanol–water partition coefficient (Wildman–Crippen LogP) is -3.64. The normalized spacial score (nSPS) is 15.0. The minimum Gasteiger partial charge on any atom is -0.481 e. The number of aliphatic carboxylic acids is 2. The van der Waals surface area contributed by atoms with Crippen LogP contribution in [0.1, 0.15) is 26.7 Å². The lowest BCUT2D eigenvalue weighted by molar-refractivity contribution is -0.143. The second-order valence-corrected chi connectivity index (χ2v) is 6.72. The van der Waals surface area contributed by atoms with Gasteiger partial charge in [0.25, 0.3) is 0 Å². The molecule has 9 N–H and O–H groups in total. The van der Waals surface area contributed by atoms with Crippen LogP contribution in [0, 0.1) is 5.92 Å². The molecule has 0 spiro atoms. The lowest BCUT2D eigenvalue weighted by Gasteiger charge is -2.24. The van der Waals surface area contributed by atoms with Crippen molar-refractivity contribution in [3.8, 4) is 0 Å². The van der Waals surface area contributed by atoms with Gasteiger partial charge in [0.15, 0.2) is 0 Å². The fourth-order valence-electron chi connectivity index (χ4n) is 2.19. The summed E-state index contributed by atoms with van der Waals surface area (Å²) in [4.78, 5) is 58.1. The van der Waals surface area contributed by atoms with Gasteiger partial charge in [0.05, 0.1) is 25.7 Å². The molecule has 0 rings (SSSR count). The number of rotatable bonds is 13. The van der Waals surface area contributed by atoms with Crippen LogP contribution in [0.3, 0.4) is 0 Å². The summed E-state index contributed by atoms with van der Waals surface area (Å²) < 4.78 is 0. The van der Waals surface area contributed by atoms with Gasteiger partial charge in [-0.05, 0) is 12.3 Å². The average Bonchev–Trinajstić information content (AvgIpc) is 2.61. The maximum Gasteiger partial charge on any atom is 0.328 e. The third kappa shape index (κ3) is 9.82. The highest BCUT2D eigenvalue weighted by molar-refractivity contribution is 5.94. The SMILES string of the molecule is CC(C)CC(NC(=O)C(N)CC(=O)O)C(=O)NC(CO)C(=O)NC(CO)C(=O)O. The van der Waals surface area contributed by atoms with Crippen molar-refractivity contribution in [2.24, 2.45) is 11.7 Å². The number of carboxylic acid groups (broad SMARTS) is 2. The highest BCUT2D eigenvalue weighted by atomic mass is 16.4. The fourth-order valence-corrected chi connectivity index (χ4v) is 2.19. The Labute approximate surface area is 166 Å². The van der Waals surface area contributed by atoms with Crippen molar-refractivity contribution in [3.05, 3.63) is 0 Å². The van der Waals surface area contributed by atoms with Gasteiger partial charge in [-0.1, -0.05) is 13.8 Å². The van der Waals surface area contributed by atoms with Crippen molar-refractivity contribution in [1.29, 1.82) is 0 Å². The van der Waals surface area contributed by atoms with Crippen molar-refractivity contribution in [2.75, 3.05) is 13.2 Å². The molecule has 13 heteroatoms. The quantitative estimate of drug-likeness (QED) is 0.146. The number of aliphatic hydroxyl groups excluding tert-OH is 2. The Hall–Kier alpha value is -2.77. The molecule has 0 bridgehead atoms. The third-order valence-electron chi connectivity index (χ3n) is 3.68. The number of carbonyl (C=O) groups is 5. The first-order valence-electron chi connectivity index (χ1n) is 8.75. The molecule has 3 amide bonds. The first kappa shape index (κ1) is 26.2. The highest BCUT2D eigenvalue weighted by Gasteiger charge is 2.30. The first-order valence-corrected chi connectivity index (χ1v) is 8.75. The zero-order valence-electron chi connectivity index (χ0n) is 16.1. The number of aliphatic hydroxyl groups is 2. The topological polar surface area (TPSA) is 228 Å². The summed E-state index contributed by atoms with van der Waals surface area (Å²) in [5.41, 5.74) is 5.46. The minimum atomic E-state index is -1.63. The van der Waals surface area contributed by atoms with E-state index in [2.05, 4.69) is 10.6 Å². The van der Waals surface area contributed by atoms with E-state index in [1.165, 1.54) is 0 Å². The number of hydrogen-bond donors (Lipinski definition) is 8.